The van der Waals surface area contributed by atoms with E-state index >= 15 is 0 Å². The Hall–Kier alpha value is 0.354. The Labute approximate surface area is 42.3 Å². The summed E-state index contributed by atoms with van der Waals surface area (Å²) in [7, 11) is 0.716. The highest BCUT2D eigenvalue weighted by Gasteiger charge is 2.21. The number of epoxide rings is 1. The number of rotatable bonds is 2. The zero-order valence-corrected chi connectivity index (χ0v) is 7.22. The fourth-order valence-electron chi connectivity index (χ4n) is 0.350. The van der Waals surface area contributed by atoms with Crippen LogP contribution >= 0.6 is 0 Å². The van der Waals surface area contributed by atoms with Crippen molar-refractivity contribution in [3.8, 4) is 0 Å². The highest BCUT2D eigenvalue weighted by Crippen LogP contribution is 2.04. The summed E-state index contributed by atoms with van der Waals surface area (Å²) in [4.78, 5) is 0. The van der Waals surface area contributed by atoms with Gasteiger partial charge in [0.25, 0.3) is 0 Å². The van der Waals surface area contributed by atoms with Gasteiger partial charge in [0.05, 0.1) is 12.3 Å². The van der Waals surface area contributed by atoms with Gasteiger partial charge in [0, 0.05) is 0 Å². The van der Waals surface area contributed by atoms with Crippen LogP contribution in [0.15, 0.2) is 0 Å². The van der Waals surface area contributed by atoms with E-state index in [9.17, 15) is 0 Å². The molecule has 0 N–H and O–H groups in total. The smallest absolute Gasteiger partial charge is 0.178 e. The Kier molecular flexibility index (Phi) is 1.41. The van der Waals surface area contributed by atoms with Crippen LogP contribution in [0.5, 0.6) is 0 Å². The van der Waals surface area contributed by atoms with E-state index in [1.54, 1.807) is 0 Å². The Morgan fingerprint density at radius 3 is 2.83 bits per heavy atom. The molecule has 1 saturated heterocycles. The molecule has 4 heteroatoms. The number of hydrogen-bond acceptors (Lipinski definition) is 2. The van der Waals surface area contributed by atoms with Crippen molar-refractivity contribution < 1.29 is 8.85 Å². The Bertz CT molecular complexity index is 44.8. The van der Waals surface area contributed by atoms with Crippen LogP contribution in [0.3, 0.4) is 0 Å². The van der Waals surface area contributed by atoms with Crippen molar-refractivity contribution in [2.75, 3.05) is 6.61 Å². The van der Waals surface area contributed by atoms with Crippen molar-refractivity contribution in [1.82, 2.24) is 0 Å². The molecule has 1 fully saturated rings. The fraction of sp³-hybridized carbons (Fsp3) is 1.00. The first-order chi connectivity index (χ1) is 2.93. The topological polar surface area (TPSA) is 21.8 Å². The van der Waals surface area contributed by atoms with E-state index in [0.29, 0.717) is 5.73 Å². The number of ether oxygens (including phenoxy) is 1. The lowest BCUT2D eigenvalue weighted by Gasteiger charge is -1.84. The van der Waals surface area contributed by atoms with E-state index in [0.717, 1.165) is 17.1 Å². The molecular weight excluding hydrogens is 112 g/mol. The summed E-state index contributed by atoms with van der Waals surface area (Å²) in [5, 5.41) is 0. The molecule has 0 aliphatic carbocycles. The van der Waals surface area contributed by atoms with Crippen molar-refractivity contribution in [2.45, 2.75) is 5.73 Å². The molecule has 0 aromatic rings. The summed E-state index contributed by atoms with van der Waals surface area (Å²) < 4.78 is 9.93. The molecule has 1 rings (SSSR count). The van der Waals surface area contributed by atoms with Gasteiger partial charge in [-0.05, 0) is 0 Å². The normalized spacial score (nSPS) is 33.0. The van der Waals surface area contributed by atoms with Gasteiger partial charge in [-0.3, -0.25) is 0 Å². The second kappa shape index (κ2) is 1.88. The highest BCUT2D eigenvalue weighted by molar-refractivity contribution is 6.36. The first kappa shape index (κ1) is 4.51. The quantitative estimate of drug-likeness (QED) is 0.303. The van der Waals surface area contributed by atoms with Gasteiger partial charge in [0.2, 0.25) is 0 Å². The third kappa shape index (κ3) is 1.21. The van der Waals surface area contributed by atoms with E-state index in [1.165, 1.54) is 0 Å². The summed E-state index contributed by atoms with van der Waals surface area (Å²) in [5.74, 6) is 0. The maximum atomic E-state index is 5.02. The molecule has 0 aromatic heterocycles. The van der Waals surface area contributed by atoms with Crippen molar-refractivity contribution in [1.29, 1.82) is 0 Å². The molecule has 0 spiro atoms. The van der Waals surface area contributed by atoms with Crippen LogP contribution in [0, 0.1) is 0 Å². The van der Waals surface area contributed by atoms with Gasteiger partial charge in [-0.15, -0.1) is 0 Å². The van der Waals surface area contributed by atoms with E-state index in [4.69, 9.17) is 8.85 Å². The van der Waals surface area contributed by atoms with Crippen LogP contribution in [0.2, 0.25) is 0 Å². The molecule has 1 aliphatic rings. The second-order valence-corrected chi connectivity index (χ2v) is 4.96. The van der Waals surface area contributed by atoms with Crippen LogP contribution in [0.25, 0.3) is 0 Å². The minimum absolute atomic E-state index is 0.193. The standard InChI is InChI=1S/C2H8O2Si2/c5-4-6-2-1-3-2/h2H,1,6H2,5H3/t2-/m0/s1. The van der Waals surface area contributed by atoms with Crippen LogP contribution in [0.4, 0.5) is 0 Å². The van der Waals surface area contributed by atoms with E-state index in [1.807, 2.05) is 0 Å². The molecule has 0 aromatic carbocycles. The summed E-state index contributed by atoms with van der Waals surface area (Å²) in [6, 6.07) is 0. The summed E-state index contributed by atoms with van der Waals surface area (Å²) in [6.07, 6.45) is 0. The summed E-state index contributed by atoms with van der Waals surface area (Å²) >= 11 is 0. The SMILES string of the molecule is [SiH3]O[SiH2][C@H]1CO1. The second-order valence-electron chi connectivity index (χ2n) is 1.41. The van der Waals surface area contributed by atoms with Crippen molar-refractivity contribution in [3.05, 3.63) is 0 Å². The highest BCUT2D eigenvalue weighted by atomic mass is 28.3. The minimum atomic E-state index is -0.193. The lowest BCUT2D eigenvalue weighted by molar-refractivity contribution is 0.443. The molecule has 1 heterocycles. The molecule has 0 amide bonds. The molecule has 0 unspecified atom stereocenters. The van der Waals surface area contributed by atoms with Crippen LogP contribution in [-0.2, 0) is 8.85 Å². The van der Waals surface area contributed by atoms with Crippen LogP contribution in [-0.4, -0.2) is 32.6 Å². The van der Waals surface area contributed by atoms with E-state index in [2.05, 4.69) is 0 Å². The maximum Gasteiger partial charge on any atom is 0.178 e. The average Bonchev–Trinajstić information content (AvgIpc) is 2.21. The molecule has 0 bridgehead atoms. The van der Waals surface area contributed by atoms with Gasteiger partial charge in [0.15, 0.2) is 9.76 Å². The summed E-state index contributed by atoms with van der Waals surface area (Å²) in [6.45, 7) is 0.981. The fourth-order valence-corrected chi connectivity index (χ4v) is 2.17. The average molecular weight is 120 g/mol. The predicted octanol–water partition coefficient (Wildman–Crippen LogP) is -2.28. The van der Waals surface area contributed by atoms with Gasteiger partial charge in [-0.2, -0.15) is 0 Å². The predicted molar refractivity (Wildman–Crippen MR) is 29.3 cm³/mol. The molecule has 2 nitrogen and oxygen atoms in total. The van der Waals surface area contributed by atoms with Crippen molar-refractivity contribution in [3.63, 3.8) is 0 Å². The first-order valence-electron chi connectivity index (χ1n) is 2.04. The van der Waals surface area contributed by atoms with Gasteiger partial charge in [0.1, 0.15) is 10.5 Å². The van der Waals surface area contributed by atoms with E-state index < -0.39 is 0 Å². The Morgan fingerprint density at radius 2 is 2.67 bits per heavy atom. The monoisotopic (exact) mass is 120 g/mol. The van der Waals surface area contributed by atoms with Crippen LogP contribution < -0.4 is 0 Å². The van der Waals surface area contributed by atoms with Crippen molar-refractivity contribution in [2.24, 2.45) is 0 Å². The molecule has 36 valence electrons. The van der Waals surface area contributed by atoms with E-state index in [-0.39, 0.29) is 9.76 Å². The van der Waals surface area contributed by atoms with Crippen LogP contribution in [0.1, 0.15) is 0 Å². The first-order valence-corrected chi connectivity index (χ1v) is 4.25. The Balaban J connectivity index is 1.88. The zero-order valence-electron chi connectivity index (χ0n) is 3.81. The third-order valence-corrected chi connectivity index (χ3v) is 2.93. The molecule has 0 radical (unpaired) electrons. The largest absolute Gasteiger partial charge is 0.466 e. The lowest BCUT2D eigenvalue weighted by atomic mass is 11.0. The van der Waals surface area contributed by atoms with Gasteiger partial charge in [-0.25, -0.2) is 0 Å². The third-order valence-electron chi connectivity index (χ3n) is 0.755. The molecule has 1 atom stereocenters. The molecule has 0 saturated carbocycles. The molecule has 6 heavy (non-hydrogen) atoms. The van der Waals surface area contributed by atoms with Crippen molar-refractivity contribution >= 4 is 20.2 Å². The Morgan fingerprint density at radius 1 is 2.00 bits per heavy atom. The lowest BCUT2D eigenvalue weighted by Crippen LogP contribution is -2.02. The molecule has 1 aliphatic heterocycles. The minimum Gasteiger partial charge on any atom is -0.466 e. The number of hydrogen-bond donors (Lipinski definition) is 0. The van der Waals surface area contributed by atoms with Gasteiger partial charge < -0.3 is 8.85 Å². The maximum absolute atomic E-state index is 5.02. The summed E-state index contributed by atoms with van der Waals surface area (Å²) in [5.41, 5.74) is 0.600. The van der Waals surface area contributed by atoms with Gasteiger partial charge >= 0.3 is 0 Å². The van der Waals surface area contributed by atoms with Gasteiger partial charge in [-0.1, -0.05) is 0 Å². The zero-order chi connectivity index (χ0) is 4.41. The molecular formula is C2H8O2Si2.